The number of nitrogens with zero attached hydrogens (tertiary/aromatic N) is 3. The third-order valence-corrected chi connectivity index (χ3v) is 5.03. The first-order valence-electron chi connectivity index (χ1n) is 7.27. The second-order valence-electron chi connectivity index (χ2n) is 5.20. The number of benzene rings is 1. The maximum absolute atomic E-state index is 13.9. The average Bonchev–Trinajstić information content (AvgIpc) is 2.83. The van der Waals surface area contributed by atoms with E-state index in [2.05, 4.69) is 9.97 Å². The summed E-state index contributed by atoms with van der Waals surface area (Å²) in [5, 5.41) is -0.162. The number of amides is 1. The van der Waals surface area contributed by atoms with Gasteiger partial charge in [0, 0.05) is 42.0 Å². The first-order chi connectivity index (χ1) is 11.1. The number of hydrogen-bond donors (Lipinski definition) is 0. The molecule has 0 spiro atoms. The number of carbonyl (C=O) groups excluding carboxylic acids is 1. The fourth-order valence-corrected chi connectivity index (χ4v) is 3.80. The van der Waals surface area contributed by atoms with Gasteiger partial charge in [0.05, 0.1) is 6.20 Å². The first-order valence-corrected chi connectivity index (χ1v) is 8.32. The van der Waals surface area contributed by atoms with Crippen LogP contribution in [0.15, 0.2) is 36.8 Å². The minimum Gasteiger partial charge on any atom is -0.336 e. The van der Waals surface area contributed by atoms with Gasteiger partial charge in [0.1, 0.15) is 17.3 Å². The van der Waals surface area contributed by atoms with Crippen molar-refractivity contribution in [2.75, 3.05) is 18.8 Å². The zero-order valence-electron chi connectivity index (χ0n) is 12.3. The smallest absolute Gasteiger partial charge is 0.274 e. The fourth-order valence-electron chi connectivity index (χ4n) is 2.55. The van der Waals surface area contributed by atoms with E-state index in [0.29, 0.717) is 36.5 Å². The highest BCUT2D eigenvalue weighted by Crippen LogP contribution is 2.36. The molecule has 1 amide bonds. The highest BCUT2D eigenvalue weighted by molar-refractivity contribution is 7.99. The number of rotatable bonds is 2. The largest absolute Gasteiger partial charge is 0.336 e. The van der Waals surface area contributed by atoms with Crippen molar-refractivity contribution in [2.24, 2.45) is 0 Å². The molecule has 120 valence electrons. The number of thioether (sulfide) groups is 1. The van der Waals surface area contributed by atoms with Gasteiger partial charge in [-0.3, -0.25) is 9.78 Å². The van der Waals surface area contributed by atoms with E-state index < -0.39 is 11.6 Å². The predicted molar refractivity (Wildman–Crippen MR) is 84.1 cm³/mol. The summed E-state index contributed by atoms with van der Waals surface area (Å²) in [7, 11) is 0. The summed E-state index contributed by atoms with van der Waals surface area (Å²) in [4.78, 5) is 22.0. The summed E-state index contributed by atoms with van der Waals surface area (Å²) in [5.41, 5.74) is 0.664. The molecule has 1 aromatic heterocycles. The fraction of sp³-hybridized carbons (Fsp3) is 0.312. The minimum atomic E-state index is -0.446. The SMILES string of the molecule is O=C(c1cnccn1)N1CCSC(c2cc(F)ccc2F)CC1. The van der Waals surface area contributed by atoms with Crippen molar-refractivity contribution in [3.05, 3.63) is 59.7 Å². The Morgan fingerprint density at radius 1 is 1.26 bits per heavy atom. The number of aromatic nitrogens is 2. The molecule has 1 aliphatic heterocycles. The molecule has 0 N–H and O–H groups in total. The quantitative estimate of drug-likeness (QED) is 0.846. The van der Waals surface area contributed by atoms with Gasteiger partial charge in [0.2, 0.25) is 0 Å². The second kappa shape index (κ2) is 7.04. The molecular formula is C16H15F2N3OS. The Labute approximate surface area is 136 Å². The van der Waals surface area contributed by atoms with Crippen LogP contribution in [-0.4, -0.2) is 39.6 Å². The lowest BCUT2D eigenvalue weighted by atomic mass is 10.1. The molecule has 23 heavy (non-hydrogen) atoms. The van der Waals surface area contributed by atoms with Gasteiger partial charge < -0.3 is 4.90 Å². The molecule has 1 aliphatic rings. The zero-order valence-corrected chi connectivity index (χ0v) is 13.1. The summed E-state index contributed by atoms with van der Waals surface area (Å²) in [5.74, 6) is -0.373. The highest BCUT2D eigenvalue weighted by Gasteiger charge is 2.25. The normalized spacial score (nSPS) is 18.5. The van der Waals surface area contributed by atoms with Crippen molar-refractivity contribution < 1.29 is 13.6 Å². The molecule has 1 atom stereocenters. The number of halogens is 2. The summed E-state index contributed by atoms with van der Waals surface area (Å²) in [6.45, 7) is 1.02. The van der Waals surface area contributed by atoms with Crippen molar-refractivity contribution in [2.45, 2.75) is 11.7 Å². The van der Waals surface area contributed by atoms with E-state index in [1.54, 1.807) is 4.90 Å². The first kappa shape index (κ1) is 15.9. The van der Waals surface area contributed by atoms with Crippen LogP contribution in [0.5, 0.6) is 0 Å². The molecule has 0 bridgehead atoms. The van der Waals surface area contributed by atoms with Gasteiger partial charge in [-0.25, -0.2) is 13.8 Å². The molecule has 0 radical (unpaired) electrons. The monoisotopic (exact) mass is 335 g/mol. The van der Waals surface area contributed by atoms with Crippen LogP contribution in [0.25, 0.3) is 0 Å². The van der Waals surface area contributed by atoms with Crippen molar-refractivity contribution >= 4 is 17.7 Å². The summed E-state index contributed by atoms with van der Waals surface area (Å²) < 4.78 is 27.3. The average molecular weight is 335 g/mol. The van der Waals surface area contributed by atoms with Gasteiger partial charge in [-0.2, -0.15) is 11.8 Å². The maximum Gasteiger partial charge on any atom is 0.274 e. The third-order valence-electron chi connectivity index (χ3n) is 3.72. The second-order valence-corrected chi connectivity index (χ2v) is 6.51. The molecule has 1 unspecified atom stereocenters. The van der Waals surface area contributed by atoms with Crippen molar-refractivity contribution in [1.82, 2.24) is 14.9 Å². The van der Waals surface area contributed by atoms with Gasteiger partial charge in [-0.05, 0) is 24.6 Å². The van der Waals surface area contributed by atoms with E-state index >= 15 is 0 Å². The molecule has 1 aromatic carbocycles. The van der Waals surface area contributed by atoms with Gasteiger partial charge in [0.15, 0.2) is 0 Å². The van der Waals surface area contributed by atoms with Crippen LogP contribution >= 0.6 is 11.8 Å². The molecule has 0 aliphatic carbocycles. The topological polar surface area (TPSA) is 46.1 Å². The van der Waals surface area contributed by atoms with Crippen LogP contribution < -0.4 is 0 Å². The Morgan fingerprint density at radius 2 is 2.13 bits per heavy atom. The van der Waals surface area contributed by atoms with Crippen LogP contribution in [0.1, 0.15) is 27.7 Å². The van der Waals surface area contributed by atoms with E-state index in [4.69, 9.17) is 0 Å². The van der Waals surface area contributed by atoms with Crippen molar-refractivity contribution in [1.29, 1.82) is 0 Å². The molecule has 7 heteroatoms. The van der Waals surface area contributed by atoms with Crippen LogP contribution in [0.2, 0.25) is 0 Å². The molecule has 2 heterocycles. The summed E-state index contributed by atoms with van der Waals surface area (Å²) in [6, 6.07) is 3.51. The Kier molecular flexibility index (Phi) is 4.85. The molecule has 3 rings (SSSR count). The molecule has 1 saturated heterocycles. The lowest BCUT2D eigenvalue weighted by Gasteiger charge is -2.19. The minimum absolute atomic E-state index is 0.162. The molecule has 1 fully saturated rings. The molecular weight excluding hydrogens is 320 g/mol. The van der Waals surface area contributed by atoms with Crippen LogP contribution in [0.3, 0.4) is 0 Å². The van der Waals surface area contributed by atoms with E-state index in [1.807, 2.05) is 0 Å². The van der Waals surface area contributed by atoms with Gasteiger partial charge in [0.25, 0.3) is 5.91 Å². The van der Waals surface area contributed by atoms with Gasteiger partial charge in [-0.1, -0.05) is 0 Å². The van der Waals surface area contributed by atoms with Gasteiger partial charge in [-0.15, -0.1) is 0 Å². The predicted octanol–water partition coefficient (Wildman–Crippen LogP) is 3.08. The van der Waals surface area contributed by atoms with E-state index in [-0.39, 0.29) is 11.2 Å². The molecule has 4 nitrogen and oxygen atoms in total. The Hall–Kier alpha value is -2.02. The lowest BCUT2D eigenvalue weighted by molar-refractivity contribution is 0.0760. The number of carbonyl (C=O) groups is 1. The van der Waals surface area contributed by atoms with Crippen LogP contribution in [0.4, 0.5) is 8.78 Å². The summed E-state index contributed by atoms with van der Waals surface area (Å²) in [6.07, 6.45) is 4.99. The summed E-state index contributed by atoms with van der Waals surface area (Å²) >= 11 is 1.54. The van der Waals surface area contributed by atoms with E-state index in [1.165, 1.54) is 36.4 Å². The van der Waals surface area contributed by atoms with Crippen molar-refractivity contribution in [3.63, 3.8) is 0 Å². The molecule has 0 saturated carbocycles. The lowest BCUT2D eigenvalue weighted by Crippen LogP contribution is -2.33. The van der Waals surface area contributed by atoms with Crippen molar-refractivity contribution in [3.8, 4) is 0 Å². The maximum atomic E-state index is 13.9. The van der Waals surface area contributed by atoms with E-state index in [9.17, 15) is 13.6 Å². The van der Waals surface area contributed by atoms with E-state index in [0.717, 1.165) is 12.1 Å². The standard InChI is InChI=1S/C16H15F2N3OS/c17-11-1-2-13(18)12(9-11)15-3-6-21(7-8-23-15)16(22)14-10-19-4-5-20-14/h1-2,4-5,9-10,15H,3,6-8H2. The zero-order chi connectivity index (χ0) is 16.2. The third kappa shape index (κ3) is 3.67. The van der Waals surface area contributed by atoms with Crippen LogP contribution in [0, 0.1) is 11.6 Å². The van der Waals surface area contributed by atoms with Gasteiger partial charge >= 0.3 is 0 Å². The Balaban J connectivity index is 1.72. The van der Waals surface area contributed by atoms with Crippen LogP contribution in [-0.2, 0) is 0 Å². The number of hydrogen-bond acceptors (Lipinski definition) is 4. The Morgan fingerprint density at radius 3 is 2.91 bits per heavy atom. The Bertz CT molecular complexity index is 699. The highest BCUT2D eigenvalue weighted by atomic mass is 32.2. The molecule has 2 aromatic rings.